The van der Waals surface area contributed by atoms with Crippen LogP contribution in [0.4, 0.5) is 5.13 Å². The topological polar surface area (TPSA) is 120 Å². The summed E-state index contributed by atoms with van der Waals surface area (Å²) in [6, 6.07) is 23.9. The molecule has 0 radical (unpaired) electrons. The number of aliphatic hydroxyl groups is 1. The van der Waals surface area contributed by atoms with Crippen molar-refractivity contribution in [1.29, 1.82) is 0 Å². The van der Waals surface area contributed by atoms with Crippen molar-refractivity contribution in [2.45, 2.75) is 29.7 Å². The van der Waals surface area contributed by atoms with E-state index in [-0.39, 0.29) is 22.0 Å². The van der Waals surface area contributed by atoms with E-state index in [1.54, 1.807) is 48.5 Å². The van der Waals surface area contributed by atoms with Crippen LogP contribution in [0.5, 0.6) is 23.0 Å². The van der Waals surface area contributed by atoms with E-state index in [4.69, 9.17) is 42.1 Å². The molecule has 260 valence electrons. The van der Waals surface area contributed by atoms with Crippen molar-refractivity contribution in [2.75, 3.05) is 24.7 Å². The highest BCUT2D eigenvalue weighted by Gasteiger charge is 2.48. The Bertz CT molecular complexity index is 2140. The number of amides is 1. The number of aromatic nitrogens is 2. The van der Waals surface area contributed by atoms with E-state index in [2.05, 4.69) is 10.2 Å². The Kier molecular flexibility index (Phi) is 10.4. The number of carbonyl (C=O) groups is 2. The van der Waals surface area contributed by atoms with Gasteiger partial charge in [-0.3, -0.25) is 14.5 Å². The number of carbonyl (C=O) groups excluding carboxylic acids is 2. The minimum absolute atomic E-state index is 0.130. The second-order valence-corrected chi connectivity index (χ2v) is 14.3. The Balaban J connectivity index is 1.28. The number of rotatable bonds is 11. The third kappa shape index (κ3) is 7.36. The number of ketones is 1. The van der Waals surface area contributed by atoms with Gasteiger partial charge in [-0.1, -0.05) is 88.8 Å². The van der Waals surface area contributed by atoms with E-state index in [0.717, 1.165) is 22.5 Å². The largest absolute Gasteiger partial charge is 0.507 e. The average molecular weight is 763 g/mol. The van der Waals surface area contributed by atoms with E-state index in [1.165, 1.54) is 16.7 Å². The van der Waals surface area contributed by atoms with Gasteiger partial charge in [0.2, 0.25) is 5.13 Å². The smallest absolute Gasteiger partial charge is 0.301 e. The maximum atomic E-state index is 13.9. The SMILES string of the molecule is CCOc1cc(C2/C(=C(\O)c3ccc4c(c3)OCCO4)C(=O)C(=O)N2c2nnc(SCc3ccc(Cl)cc3Cl)s2)ccc1OCc1ccccc1. The molecule has 0 bridgehead atoms. The third-order valence-electron chi connectivity index (χ3n) is 8.05. The van der Waals surface area contributed by atoms with Crippen LogP contribution in [0.25, 0.3) is 5.76 Å². The molecule has 1 N–H and O–H groups in total. The number of ether oxygens (including phenoxy) is 4. The van der Waals surface area contributed by atoms with Gasteiger partial charge in [-0.25, -0.2) is 0 Å². The van der Waals surface area contributed by atoms with Gasteiger partial charge in [-0.05, 0) is 66.1 Å². The fraction of sp³-hybridized carbons (Fsp3) is 0.189. The first-order valence-electron chi connectivity index (χ1n) is 15.9. The van der Waals surface area contributed by atoms with Crippen molar-refractivity contribution in [3.05, 3.63) is 123 Å². The van der Waals surface area contributed by atoms with Crippen LogP contribution in [-0.2, 0) is 21.9 Å². The second-order valence-electron chi connectivity index (χ2n) is 11.3. The molecule has 1 unspecified atom stereocenters. The van der Waals surface area contributed by atoms with Crippen molar-refractivity contribution < 1.29 is 33.6 Å². The Hall–Kier alpha value is -4.75. The molecular formula is C37H29Cl2N3O7S2. The molecule has 3 heterocycles. The number of hydrogen-bond donors (Lipinski definition) is 1. The fourth-order valence-electron chi connectivity index (χ4n) is 5.65. The quantitative estimate of drug-likeness (QED) is 0.0461. The Morgan fingerprint density at radius 2 is 1.75 bits per heavy atom. The molecule has 14 heteroatoms. The summed E-state index contributed by atoms with van der Waals surface area (Å²) in [5, 5.41) is 21.6. The summed E-state index contributed by atoms with van der Waals surface area (Å²) in [5.74, 6) is 0.160. The summed E-state index contributed by atoms with van der Waals surface area (Å²) in [7, 11) is 0. The summed E-state index contributed by atoms with van der Waals surface area (Å²) in [5.41, 5.74) is 2.46. The Morgan fingerprint density at radius 1 is 0.941 bits per heavy atom. The molecule has 1 atom stereocenters. The van der Waals surface area contributed by atoms with Crippen LogP contribution in [0.2, 0.25) is 10.0 Å². The minimum atomic E-state index is -1.09. The predicted octanol–water partition coefficient (Wildman–Crippen LogP) is 8.51. The Labute approximate surface area is 311 Å². The lowest BCUT2D eigenvalue weighted by atomic mass is 9.95. The van der Waals surface area contributed by atoms with Crippen LogP contribution in [-0.4, -0.2) is 46.8 Å². The highest BCUT2D eigenvalue weighted by atomic mass is 35.5. The van der Waals surface area contributed by atoms with Crippen molar-refractivity contribution in [3.63, 3.8) is 0 Å². The molecule has 4 aromatic carbocycles. The monoisotopic (exact) mass is 761 g/mol. The molecule has 2 aliphatic heterocycles. The molecule has 0 spiro atoms. The normalized spacial score (nSPS) is 16.4. The van der Waals surface area contributed by atoms with Gasteiger partial charge in [-0.15, -0.1) is 10.2 Å². The van der Waals surface area contributed by atoms with E-state index in [1.807, 2.05) is 43.3 Å². The van der Waals surface area contributed by atoms with Crippen molar-refractivity contribution in [1.82, 2.24) is 10.2 Å². The number of nitrogens with zero attached hydrogens (tertiary/aromatic N) is 3. The zero-order valence-electron chi connectivity index (χ0n) is 27.0. The van der Waals surface area contributed by atoms with Crippen molar-refractivity contribution in [2.24, 2.45) is 0 Å². The number of halogens is 2. The zero-order chi connectivity index (χ0) is 35.5. The molecule has 0 aliphatic carbocycles. The summed E-state index contributed by atoms with van der Waals surface area (Å²) in [6.07, 6.45) is 0. The number of Topliss-reactive ketones (excluding diaryl/α,β-unsaturated/α-hetero) is 1. The number of fused-ring (bicyclic) bond motifs is 1. The van der Waals surface area contributed by atoms with Crippen LogP contribution in [0.1, 0.15) is 35.2 Å². The predicted molar refractivity (Wildman–Crippen MR) is 197 cm³/mol. The number of hydrogen-bond acceptors (Lipinski definition) is 11. The van der Waals surface area contributed by atoms with Gasteiger partial charge in [0, 0.05) is 21.4 Å². The summed E-state index contributed by atoms with van der Waals surface area (Å²) in [6.45, 7) is 3.21. The molecule has 1 saturated heterocycles. The maximum Gasteiger partial charge on any atom is 0.301 e. The number of thioether (sulfide) groups is 1. The maximum absolute atomic E-state index is 13.9. The standard InChI is InChI=1S/C37H29Cl2N3O7S2/c1-2-46-29-16-22(9-12-28(29)49-19-21-6-4-3-5-7-21)32-31(33(43)23-10-13-27-30(17-23)48-15-14-47-27)34(44)35(45)42(32)36-40-41-37(51-36)50-20-24-8-11-25(38)18-26(24)39/h3-13,16-18,32,43H,2,14-15,19-20H2,1H3/b33-31+. The first-order valence-corrected chi connectivity index (χ1v) is 18.4. The van der Waals surface area contributed by atoms with Crippen LogP contribution >= 0.6 is 46.3 Å². The summed E-state index contributed by atoms with van der Waals surface area (Å²) >= 11 is 14.9. The highest BCUT2D eigenvalue weighted by Crippen LogP contribution is 2.46. The molecule has 7 rings (SSSR count). The lowest BCUT2D eigenvalue weighted by Gasteiger charge is -2.24. The first kappa shape index (κ1) is 34.7. The molecule has 5 aromatic rings. The molecule has 1 fully saturated rings. The van der Waals surface area contributed by atoms with Crippen LogP contribution < -0.4 is 23.8 Å². The van der Waals surface area contributed by atoms with Crippen LogP contribution in [0, 0.1) is 0 Å². The van der Waals surface area contributed by atoms with Gasteiger partial charge in [0.15, 0.2) is 27.3 Å². The zero-order valence-corrected chi connectivity index (χ0v) is 30.2. The summed E-state index contributed by atoms with van der Waals surface area (Å²) in [4.78, 5) is 29.1. The van der Waals surface area contributed by atoms with E-state index < -0.39 is 17.7 Å². The molecular weight excluding hydrogens is 733 g/mol. The lowest BCUT2D eigenvalue weighted by Crippen LogP contribution is -2.29. The average Bonchev–Trinajstić information content (AvgIpc) is 3.72. The van der Waals surface area contributed by atoms with Crippen molar-refractivity contribution >= 4 is 68.9 Å². The molecule has 51 heavy (non-hydrogen) atoms. The van der Waals surface area contributed by atoms with Crippen LogP contribution in [0.15, 0.2) is 94.8 Å². The van der Waals surface area contributed by atoms with Gasteiger partial charge in [0.1, 0.15) is 25.6 Å². The third-order valence-corrected chi connectivity index (χ3v) is 10.7. The molecule has 2 aliphatic rings. The van der Waals surface area contributed by atoms with E-state index >= 15 is 0 Å². The fourth-order valence-corrected chi connectivity index (χ4v) is 8.07. The van der Waals surface area contributed by atoms with E-state index in [0.29, 0.717) is 75.1 Å². The molecule has 10 nitrogen and oxygen atoms in total. The van der Waals surface area contributed by atoms with Crippen molar-refractivity contribution in [3.8, 4) is 23.0 Å². The highest BCUT2D eigenvalue weighted by molar-refractivity contribution is 8.00. The molecule has 0 saturated carbocycles. The van der Waals surface area contributed by atoms with Gasteiger partial charge < -0.3 is 24.1 Å². The van der Waals surface area contributed by atoms with Crippen LogP contribution in [0.3, 0.4) is 0 Å². The lowest BCUT2D eigenvalue weighted by molar-refractivity contribution is -0.132. The minimum Gasteiger partial charge on any atom is -0.507 e. The van der Waals surface area contributed by atoms with E-state index in [9.17, 15) is 14.7 Å². The van der Waals surface area contributed by atoms with Gasteiger partial charge >= 0.3 is 5.91 Å². The van der Waals surface area contributed by atoms with Gasteiger partial charge in [0.25, 0.3) is 5.78 Å². The van der Waals surface area contributed by atoms with Gasteiger partial charge in [0.05, 0.1) is 18.2 Å². The molecule has 1 aromatic heterocycles. The summed E-state index contributed by atoms with van der Waals surface area (Å²) < 4.78 is 24.0. The number of benzene rings is 4. The number of anilines is 1. The first-order chi connectivity index (χ1) is 24.8. The number of aliphatic hydroxyl groups excluding tert-OH is 1. The second kappa shape index (κ2) is 15.2. The Morgan fingerprint density at radius 3 is 2.53 bits per heavy atom. The molecule has 1 amide bonds. The van der Waals surface area contributed by atoms with Gasteiger partial charge in [-0.2, -0.15) is 0 Å².